The maximum atomic E-state index is 10.4. The van der Waals surface area contributed by atoms with Crippen molar-refractivity contribution < 1.29 is 9.90 Å². The van der Waals surface area contributed by atoms with Crippen molar-refractivity contribution in [2.24, 2.45) is 0 Å². The Balaban J connectivity index is 1.62. The van der Waals surface area contributed by atoms with Gasteiger partial charge in [-0.05, 0) is 31.0 Å². The van der Waals surface area contributed by atoms with Crippen LogP contribution in [-0.2, 0) is 11.3 Å². The lowest BCUT2D eigenvalue weighted by molar-refractivity contribution is -0.137. The molecule has 0 aliphatic rings. The average molecular weight is 313 g/mol. The second-order valence-corrected chi connectivity index (χ2v) is 5.50. The molecule has 0 aliphatic heterocycles. The van der Waals surface area contributed by atoms with E-state index in [1.165, 1.54) is 5.56 Å². The Labute approximate surface area is 136 Å². The van der Waals surface area contributed by atoms with Gasteiger partial charge in [0.2, 0.25) is 0 Å². The molecule has 23 heavy (non-hydrogen) atoms. The van der Waals surface area contributed by atoms with Crippen molar-refractivity contribution >= 4 is 5.97 Å². The molecule has 2 rings (SSSR count). The van der Waals surface area contributed by atoms with Gasteiger partial charge >= 0.3 is 5.97 Å². The van der Waals surface area contributed by atoms with Gasteiger partial charge in [-0.2, -0.15) is 0 Å². The van der Waals surface area contributed by atoms with E-state index in [2.05, 4.69) is 27.4 Å². The first kappa shape index (κ1) is 17.1. The van der Waals surface area contributed by atoms with Gasteiger partial charge in [-0.25, -0.2) is 9.97 Å². The van der Waals surface area contributed by atoms with E-state index in [1.54, 1.807) is 12.4 Å². The van der Waals surface area contributed by atoms with Crippen LogP contribution < -0.4 is 5.32 Å². The summed E-state index contributed by atoms with van der Waals surface area (Å²) in [4.78, 5) is 18.9. The number of unbranched alkanes of at least 4 members (excludes halogenated alkanes) is 3. The SMILES string of the molecule is O=C(O)CCCCCCNCc1ccc(-c2ncccn2)cc1. The zero-order chi connectivity index (χ0) is 16.3. The third-order valence-corrected chi connectivity index (χ3v) is 3.60. The molecule has 0 saturated carbocycles. The number of aromatic nitrogens is 2. The fourth-order valence-corrected chi connectivity index (χ4v) is 2.33. The van der Waals surface area contributed by atoms with Crippen LogP contribution in [0.4, 0.5) is 0 Å². The number of carbonyl (C=O) groups is 1. The summed E-state index contributed by atoms with van der Waals surface area (Å²) in [6, 6.07) is 10.1. The van der Waals surface area contributed by atoms with Crippen LogP contribution in [0.1, 0.15) is 37.7 Å². The van der Waals surface area contributed by atoms with E-state index in [4.69, 9.17) is 5.11 Å². The van der Waals surface area contributed by atoms with Gasteiger partial charge < -0.3 is 10.4 Å². The molecule has 0 saturated heterocycles. The zero-order valence-electron chi connectivity index (χ0n) is 13.2. The van der Waals surface area contributed by atoms with Crippen molar-refractivity contribution in [1.82, 2.24) is 15.3 Å². The quantitative estimate of drug-likeness (QED) is 0.658. The number of carboxylic acids is 1. The molecule has 122 valence electrons. The number of rotatable bonds is 10. The molecular weight excluding hydrogens is 290 g/mol. The van der Waals surface area contributed by atoms with Crippen LogP contribution in [0, 0.1) is 0 Å². The summed E-state index contributed by atoms with van der Waals surface area (Å²) in [5.41, 5.74) is 2.25. The number of carboxylic acid groups (broad SMARTS) is 1. The van der Waals surface area contributed by atoms with Gasteiger partial charge in [0.25, 0.3) is 0 Å². The maximum Gasteiger partial charge on any atom is 0.303 e. The summed E-state index contributed by atoms with van der Waals surface area (Å²) in [6.07, 6.45) is 7.69. The van der Waals surface area contributed by atoms with E-state index in [0.29, 0.717) is 0 Å². The molecule has 0 amide bonds. The molecule has 0 radical (unpaired) electrons. The van der Waals surface area contributed by atoms with Gasteiger partial charge in [0.1, 0.15) is 0 Å². The van der Waals surface area contributed by atoms with E-state index in [9.17, 15) is 4.79 Å². The van der Waals surface area contributed by atoms with Crippen molar-refractivity contribution in [1.29, 1.82) is 0 Å². The molecule has 0 fully saturated rings. The lowest BCUT2D eigenvalue weighted by Crippen LogP contribution is -2.14. The number of hydrogen-bond acceptors (Lipinski definition) is 4. The molecule has 0 unspecified atom stereocenters. The van der Waals surface area contributed by atoms with E-state index in [-0.39, 0.29) is 6.42 Å². The van der Waals surface area contributed by atoms with Crippen LogP contribution >= 0.6 is 0 Å². The predicted octanol–water partition coefficient (Wildman–Crippen LogP) is 3.27. The lowest BCUT2D eigenvalue weighted by atomic mass is 10.1. The summed E-state index contributed by atoms with van der Waals surface area (Å²) >= 11 is 0. The van der Waals surface area contributed by atoms with Crippen molar-refractivity contribution in [2.45, 2.75) is 38.6 Å². The fraction of sp³-hybridized carbons (Fsp3) is 0.389. The van der Waals surface area contributed by atoms with Crippen molar-refractivity contribution in [3.05, 3.63) is 48.3 Å². The third-order valence-electron chi connectivity index (χ3n) is 3.60. The summed E-state index contributed by atoms with van der Waals surface area (Å²) in [6.45, 7) is 1.79. The molecule has 5 heteroatoms. The smallest absolute Gasteiger partial charge is 0.303 e. The molecule has 1 aromatic heterocycles. The van der Waals surface area contributed by atoms with Gasteiger partial charge in [-0.3, -0.25) is 4.79 Å². The number of aliphatic carboxylic acids is 1. The standard InChI is InChI=1S/C18H23N3O2/c22-17(23)6-3-1-2-4-11-19-14-15-7-9-16(10-8-15)18-20-12-5-13-21-18/h5,7-10,12-13,19H,1-4,6,11,14H2,(H,22,23). The van der Waals surface area contributed by atoms with E-state index in [1.807, 2.05) is 18.2 Å². The Bertz CT molecular complexity index is 585. The van der Waals surface area contributed by atoms with E-state index < -0.39 is 5.97 Å². The van der Waals surface area contributed by atoms with E-state index >= 15 is 0 Å². The highest BCUT2D eigenvalue weighted by molar-refractivity contribution is 5.66. The van der Waals surface area contributed by atoms with Gasteiger partial charge in [-0.15, -0.1) is 0 Å². The van der Waals surface area contributed by atoms with Crippen molar-refractivity contribution in [2.75, 3.05) is 6.54 Å². The second kappa shape index (κ2) is 9.69. The Morgan fingerprint density at radius 1 is 1.00 bits per heavy atom. The normalized spacial score (nSPS) is 10.6. The Hall–Kier alpha value is -2.27. The Morgan fingerprint density at radius 3 is 2.39 bits per heavy atom. The molecule has 1 heterocycles. The van der Waals surface area contributed by atoms with Crippen molar-refractivity contribution in [3.8, 4) is 11.4 Å². The Kier molecular flexibility index (Phi) is 7.20. The van der Waals surface area contributed by atoms with Crippen LogP contribution in [0.2, 0.25) is 0 Å². The molecule has 5 nitrogen and oxygen atoms in total. The highest BCUT2D eigenvalue weighted by atomic mass is 16.4. The van der Waals surface area contributed by atoms with Crippen LogP contribution in [0.15, 0.2) is 42.7 Å². The summed E-state index contributed by atoms with van der Waals surface area (Å²) in [7, 11) is 0. The van der Waals surface area contributed by atoms with E-state index in [0.717, 1.165) is 50.2 Å². The molecule has 0 bridgehead atoms. The zero-order valence-corrected chi connectivity index (χ0v) is 13.2. The topological polar surface area (TPSA) is 75.1 Å². The molecule has 2 aromatic rings. The molecule has 0 atom stereocenters. The first-order valence-corrected chi connectivity index (χ1v) is 8.04. The summed E-state index contributed by atoms with van der Waals surface area (Å²) in [5, 5.41) is 12.0. The number of nitrogens with zero attached hydrogens (tertiary/aromatic N) is 2. The number of benzene rings is 1. The van der Waals surface area contributed by atoms with Gasteiger partial charge in [0, 0.05) is 30.9 Å². The second-order valence-electron chi connectivity index (χ2n) is 5.50. The van der Waals surface area contributed by atoms with Gasteiger partial charge in [0.15, 0.2) is 5.82 Å². The lowest BCUT2D eigenvalue weighted by Gasteiger charge is -2.06. The average Bonchev–Trinajstić information content (AvgIpc) is 2.58. The fourth-order valence-electron chi connectivity index (χ4n) is 2.33. The predicted molar refractivity (Wildman–Crippen MR) is 89.9 cm³/mol. The third kappa shape index (κ3) is 6.57. The van der Waals surface area contributed by atoms with Gasteiger partial charge in [-0.1, -0.05) is 37.1 Å². The van der Waals surface area contributed by atoms with Crippen LogP contribution in [-0.4, -0.2) is 27.6 Å². The van der Waals surface area contributed by atoms with Crippen molar-refractivity contribution in [3.63, 3.8) is 0 Å². The summed E-state index contributed by atoms with van der Waals surface area (Å²) in [5.74, 6) is 0.0424. The minimum absolute atomic E-state index is 0.283. The first-order chi connectivity index (χ1) is 11.3. The molecule has 0 spiro atoms. The highest BCUT2D eigenvalue weighted by Gasteiger charge is 2.00. The van der Waals surface area contributed by atoms with Gasteiger partial charge in [0.05, 0.1) is 0 Å². The molecule has 2 N–H and O–H groups in total. The van der Waals surface area contributed by atoms with Crippen LogP contribution in [0.5, 0.6) is 0 Å². The maximum absolute atomic E-state index is 10.4. The minimum Gasteiger partial charge on any atom is -0.481 e. The highest BCUT2D eigenvalue weighted by Crippen LogP contribution is 2.14. The summed E-state index contributed by atoms with van der Waals surface area (Å²) < 4.78 is 0. The minimum atomic E-state index is -0.701. The monoisotopic (exact) mass is 313 g/mol. The molecule has 1 aromatic carbocycles. The Morgan fingerprint density at radius 2 is 1.70 bits per heavy atom. The largest absolute Gasteiger partial charge is 0.481 e. The first-order valence-electron chi connectivity index (χ1n) is 8.04. The molecular formula is C18H23N3O2. The van der Waals surface area contributed by atoms with Crippen LogP contribution in [0.25, 0.3) is 11.4 Å². The van der Waals surface area contributed by atoms with Crippen LogP contribution in [0.3, 0.4) is 0 Å². The molecule has 0 aliphatic carbocycles. The number of hydrogen-bond donors (Lipinski definition) is 2. The number of nitrogens with one attached hydrogen (secondary N) is 1.